The zero-order valence-electron chi connectivity index (χ0n) is 18.3. The molecule has 1 amide bonds. The highest BCUT2D eigenvalue weighted by Crippen LogP contribution is 2.37. The van der Waals surface area contributed by atoms with Gasteiger partial charge < -0.3 is 9.80 Å². The number of hydrogen-bond acceptors (Lipinski definition) is 3. The van der Waals surface area contributed by atoms with Crippen LogP contribution in [0.1, 0.15) is 24.0 Å². The third-order valence-electron chi connectivity index (χ3n) is 6.33. The van der Waals surface area contributed by atoms with E-state index in [0.717, 1.165) is 38.9 Å². The summed E-state index contributed by atoms with van der Waals surface area (Å²) in [7, 11) is 8.42. The number of nitrogens with zero attached hydrogens (tertiary/aromatic N) is 3. The Balaban J connectivity index is 1.72. The first-order valence-electron chi connectivity index (χ1n) is 10.6. The molecular weight excluding hydrogens is 358 g/mol. The smallest absolute Gasteiger partial charge is 0.227 e. The van der Waals surface area contributed by atoms with Gasteiger partial charge in [-0.2, -0.15) is 0 Å². The molecule has 1 heterocycles. The molecule has 1 fully saturated rings. The molecule has 1 atom stereocenters. The van der Waals surface area contributed by atoms with Crippen LogP contribution in [0.3, 0.4) is 0 Å². The van der Waals surface area contributed by atoms with E-state index >= 15 is 0 Å². The maximum atomic E-state index is 13.4. The topological polar surface area (TPSA) is 26.8 Å². The van der Waals surface area contributed by atoms with Gasteiger partial charge in [0.05, 0.1) is 5.92 Å². The molecule has 4 nitrogen and oxygen atoms in total. The average molecular weight is 394 g/mol. The van der Waals surface area contributed by atoms with Gasteiger partial charge in [-0.3, -0.25) is 9.69 Å². The number of benzene rings is 2. The normalized spacial score (nSPS) is 17.5. The van der Waals surface area contributed by atoms with Gasteiger partial charge >= 0.3 is 0 Å². The second-order valence-electron chi connectivity index (χ2n) is 8.77. The van der Waals surface area contributed by atoms with E-state index < -0.39 is 0 Å². The molecule has 2 aromatic rings. The van der Waals surface area contributed by atoms with Crippen LogP contribution in [0.15, 0.2) is 60.7 Å². The monoisotopic (exact) mass is 393 g/mol. The molecule has 0 saturated carbocycles. The van der Waals surface area contributed by atoms with Crippen molar-refractivity contribution in [1.82, 2.24) is 14.7 Å². The van der Waals surface area contributed by atoms with Gasteiger partial charge in [-0.1, -0.05) is 60.7 Å². The minimum Gasteiger partial charge on any atom is -0.342 e. The van der Waals surface area contributed by atoms with Crippen molar-refractivity contribution in [2.45, 2.75) is 24.8 Å². The van der Waals surface area contributed by atoms with Crippen molar-refractivity contribution < 1.29 is 4.79 Å². The molecule has 1 unspecified atom stereocenters. The summed E-state index contributed by atoms with van der Waals surface area (Å²) in [4.78, 5) is 20.0. The quantitative estimate of drug-likeness (QED) is 0.721. The first-order chi connectivity index (χ1) is 13.9. The van der Waals surface area contributed by atoms with Crippen molar-refractivity contribution in [3.05, 3.63) is 71.8 Å². The van der Waals surface area contributed by atoms with Crippen LogP contribution in [-0.4, -0.2) is 68.4 Å². The fourth-order valence-electron chi connectivity index (χ4n) is 4.67. The van der Waals surface area contributed by atoms with E-state index in [2.05, 4.69) is 83.4 Å². The number of amides is 1. The average Bonchev–Trinajstić information content (AvgIpc) is 2.74. The van der Waals surface area contributed by atoms with Crippen LogP contribution >= 0.6 is 0 Å². The summed E-state index contributed by atoms with van der Waals surface area (Å²) in [5, 5.41) is 0. The summed E-state index contributed by atoms with van der Waals surface area (Å²) in [5.74, 6) is 0.291. The number of piperidine rings is 1. The molecule has 0 bridgehead atoms. The summed E-state index contributed by atoms with van der Waals surface area (Å²) in [6.45, 7) is 2.40. The Bertz CT molecular complexity index is 765. The van der Waals surface area contributed by atoms with E-state index in [0.29, 0.717) is 5.91 Å². The van der Waals surface area contributed by atoms with Crippen molar-refractivity contribution >= 4 is 5.91 Å². The predicted octanol–water partition coefficient (Wildman–Crippen LogP) is 3.49. The van der Waals surface area contributed by atoms with Crippen molar-refractivity contribution in [3.8, 4) is 0 Å². The molecule has 156 valence electrons. The van der Waals surface area contributed by atoms with Gasteiger partial charge in [0.1, 0.15) is 0 Å². The first-order valence-corrected chi connectivity index (χ1v) is 10.6. The second-order valence-corrected chi connectivity index (χ2v) is 8.77. The van der Waals surface area contributed by atoms with Gasteiger partial charge in [0.25, 0.3) is 0 Å². The van der Waals surface area contributed by atoms with E-state index in [1.807, 2.05) is 20.2 Å². The summed E-state index contributed by atoms with van der Waals surface area (Å²) in [6.07, 6.45) is 2.73. The van der Waals surface area contributed by atoms with Crippen LogP contribution in [-0.2, 0) is 16.8 Å². The van der Waals surface area contributed by atoms with Crippen molar-refractivity contribution in [2.75, 3.05) is 47.8 Å². The fraction of sp³-hybridized carbons (Fsp3) is 0.480. The molecular formula is C25H35N3O. The predicted molar refractivity (Wildman–Crippen MR) is 120 cm³/mol. The maximum absolute atomic E-state index is 13.4. The van der Waals surface area contributed by atoms with Crippen molar-refractivity contribution in [2.24, 2.45) is 5.92 Å². The molecule has 0 aromatic heterocycles. The molecule has 0 radical (unpaired) electrons. The lowest BCUT2D eigenvalue weighted by Gasteiger charge is -2.47. The highest BCUT2D eigenvalue weighted by atomic mass is 16.2. The van der Waals surface area contributed by atoms with Crippen LogP contribution in [0.4, 0.5) is 0 Å². The third-order valence-corrected chi connectivity index (χ3v) is 6.33. The molecule has 1 aliphatic heterocycles. The molecule has 3 rings (SSSR count). The number of carbonyl (C=O) groups excluding carboxylic acids is 1. The summed E-state index contributed by atoms with van der Waals surface area (Å²) in [5.41, 5.74) is 2.59. The summed E-state index contributed by atoms with van der Waals surface area (Å²) < 4.78 is 0. The molecule has 1 aliphatic rings. The van der Waals surface area contributed by atoms with Crippen LogP contribution in [0.25, 0.3) is 0 Å². The van der Waals surface area contributed by atoms with E-state index in [-0.39, 0.29) is 11.5 Å². The van der Waals surface area contributed by atoms with Crippen molar-refractivity contribution in [1.29, 1.82) is 0 Å². The summed E-state index contributed by atoms with van der Waals surface area (Å²) in [6, 6.07) is 21.1. The minimum atomic E-state index is -0.00372. The van der Waals surface area contributed by atoms with Gasteiger partial charge in [0.2, 0.25) is 5.91 Å². The van der Waals surface area contributed by atoms with Crippen LogP contribution in [0.2, 0.25) is 0 Å². The van der Waals surface area contributed by atoms with E-state index in [4.69, 9.17) is 0 Å². The third kappa shape index (κ3) is 5.06. The maximum Gasteiger partial charge on any atom is 0.227 e. The molecule has 1 saturated heterocycles. The van der Waals surface area contributed by atoms with Gasteiger partial charge in [-0.05, 0) is 58.6 Å². The molecule has 29 heavy (non-hydrogen) atoms. The number of rotatable bonds is 7. The van der Waals surface area contributed by atoms with Gasteiger partial charge in [-0.25, -0.2) is 0 Å². The second kappa shape index (κ2) is 9.55. The van der Waals surface area contributed by atoms with Crippen LogP contribution in [0.5, 0.6) is 0 Å². The zero-order chi connectivity index (χ0) is 20.9. The Morgan fingerprint density at radius 2 is 1.48 bits per heavy atom. The highest BCUT2D eigenvalue weighted by Gasteiger charge is 2.40. The lowest BCUT2D eigenvalue weighted by molar-refractivity contribution is -0.138. The Hall–Kier alpha value is -2.17. The Labute approximate surface area is 176 Å². The lowest BCUT2D eigenvalue weighted by atomic mass is 9.79. The lowest BCUT2D eigenvalue weighted by Crippen LogP contribution is -2.53. The first kappa shape index (κ1) is 21.5. The minimum absolute atomic E-state index is 0.00372. The van der Waals surface area contributed by atoms with Crippen molar-refractivity contribution in [3.63, 3.8) is 0 Å². The molecule has 2 aromatic carbocycles. The Morgan fingerprint density at radius 3 is 2.00 bits per heavy atom. The standard InChI is InChI=1S/C25H35N3O/c1-26(2)20-22(19-21-11-7-5-8-12-21)24(29)28-17-15-25(16-18-28,27(3)4)23-13-9-6-10-14-23/h5-14,22H,15-20H2,1-4H3. The Kier molecular flexibility index (Phi) is 7.09. The van der Waals surface area contributed by atoms with Gasteiger partial charge in [-0.15, -0.1) is 0 Å². The summed E-state index contributed by atoms with van der Waals surface area (Å²) >= 11 is 0. The number of carbonyl (C=O) groups is 1. The highest BCUT2D eigenvalue weighted by molar-refractivity contribution is 5.79. The molecule has 4 heteroatoms. The van der Waals surface area contributed by atoms with E-state index in [1.165, 1.54) is 11.1 Å². The number of likely N-dealkylation sites (tertiary alicyclic amines) is 1. The zero-order valence-corrected chi connectivity index (χ0v) is 18.3. The largest absolute Gasteiger partial charge is 0.342 e. The Morgan fingerprint density at radius 1 is 0.931 bits per heavy atom. The van der Waals surface area contributed by atoms with E-state index in [9.17, 15) is 4.79 Å². The molecule has 0 spiro atoms. The van der Waals surface area contributed by atoms with Crippen LogP contribution < -0.4 is 0 Å². The fourth-order valence-corrected chi connectivity index (χ4v) is 4.67. The molecule has 0 aliphatic carbocycles. The SMILES string of the molecule is CN(C)CC(Cc1ccccc1)C(=O)N1CCC(c2ccccc2)(N(C)C)CC1. The number of hydrogen-bond donors (Lipinski definition) is 0. The van der Waals surface area contributed by atoms with Gasteiger partial charge in [0, 0.05) is 25.2 Å². The van der Waals surface area contributed by atoms with Crippen LogP contribution in [0, 0.1) is 5.92 Å². The van der Waals surface area contributed by atoms with E-state index in [1.54, 1.807) is 0 Å². The molecule has 0 N–H and O–H groups in total. The van der Waals surface area contributed by atoms with Gasteiger partial charge in [0.15, 0.2) is 0 Å².